The van der Waals surface area contributed by atoms with Gasteiger partial charge in [-0.05, 0) is 6.08 Å². The summed E-state index contributed by atoms with van der Waals surface area (Å²) >= 11 is 0. The predicted octanol–water partition coefficient (Wildman–Crippen LogP) is -5.37. The van der Waals surface area contributed by atoms with Gasteiger partial charge < -0.3 is 60.2 Å². The molecule has 2 aromatic rings. The smallest absolute Gasteiger partial charge is 0.274 e. The molecule has 5 unspecified atom stereocenters. The second-order valence-electron chi connectivity index (χ2n) is 9.91. The minimum atomic E-state index is -5.67. The van der Waals surface area contributed by atoms with Crippen LogP contribution >= 0.6 is 15.6 Å². The molecule has 0 saturated carbocycles. The summed E-state index contributed by atoms with van der Waals surface area (Å²) in [6, 6.07) is 0. The van der Waals surface area contributed by atoms with Crippen LogP contribution in [0.4, 0.5) is 5.82 Å². The van der Waals surface area contributed by atoms with Crippen LogP contribution in [0.25, 0.3) is 11.2 Å². The fourth-order valence-corrected chi connectivity index (χ4v) is 6.81. The van der Waals surface area contributed by atoms with Gasteiger partial charge in [0.1, 0.15) is 48.6 Å². The molecule has 2 aromatic heterocycles. The van der Waals surface area contributed by atoms with Gasteiger partial charge in [-0.25, -0.2) is 19.3 Å². The van der Waals surface area contributed by atoms with Gasteiger partial charge in [0.15, 0.2) is 23.8 Å². The van der Waals surface area contributed by atoms with Crippen molar-refractivity contribution in [2.45, 2.75) is 55.5 Å². The highest BCUT2D eigenvalue weighted by molar-refractivity contribution is 7.59. The standard InChI is InChI=1S/C21H29N7O14P2/c22-17-12-19(25-7-24-17)28(8-26-12)21-16(32)14(30)11(41-21)6-39-44(36,37)42-43(34,35)38-5-10-13(29)15(31)20(40-10)27-3-1-2-9(4-27)18(23)33/h1,3-4,7-8,10-11,13-16,20-21,29-32H,2,5-6H2,(H2,23,33)(H,34,35)(H,36,37)(H2,22,24,25)/p-1/t10-,11-,13?,14?,15+,16+,20-,21-/m1/s1. The zero-order chi connectivity index (χ0) is 32.0. The molecular weight excluding hydrogens is 636 g/mol. The lowest BCUT2D eigenvalue weighted by molar-refractivity contribution is -0.853. The number of nitrogens with one attached hydrogen (secondary N) is 1. The number of hydrogen-bond donors (Lipinski definition) is 7. The van der Waals surface area contributed by atoms with E-state index in [0.29, 0.717) is 0 Å². The maximum atomic E-state index is 12.3. The minimum absolute atomic E-state index is 0.0385. The van der Waals surface area contributed by atoms with Crippen LogP contribution in [0.2, 0.25) is 0 Å². The third-order valence-corrected chi connectivity index (χ3v) is 9.52. The van der Waals surface area contributed by atoms with E-state index in [1.54, 1.807) is 6.08 Å². The Hall–Kier alpha value is -2.72. The zero-order valence-corrected chi connectivity index (χ0v) is 24.1. The fraction of sp³-hybridized carbons (Fsp3) is 0.524. The third-order valence-electron chi connectivity index (χ3n) is 6.99. The van der Waals surface area contributed by atoms with Gasteiger partial charge >= 0.3 is 0 Å². The zero-order valence-electron chi connectivity index (χ0n) is 22.3. The van der Waals surface area contributed by atoms with Crippen LogP contribution in [0.15, 0.2) is 36.7 Å². The van der Waals surface area contributed by atoms with E-state index < -0.39 is 83.8 Å². The van der Waals surface area contributed by atoms with Crippen molar-refractivity contribution in [3.05, 3.63) is 36.7 Å². The van der Waals surface area contributed by atoms with Crippen molar-refractivity contribution in [2.75, 3.05) is 18.9 Å². The first-order valence-corrected chi connectivity index (χ1v) is 15.7. The topological polar surface area (TPSA) is 324 Å². The number of imidazole rings is 1. The highest BCUT2D eigenvalue weighted by atomic mass is 31.3. The van der Waals surface area contributed by atoms with E-state index in [9.17, 15) is 44.1 Å². The van der Waals surface area contributed by atoms with Crippen molar-refractivity contribution in [3.8, 4) is 0 Å². The molecule has 1 amide bonds. The number of rotatable bonds is 11. The van der Waals surface area contributed by atoms with Crippen LogP contribution in [0.1, 0.15) is 12.6 Å². The normalized spacial score (nSPS) is 35.0. The lowest BCUT2D eigenvalue weighted by atomic mass is 10.1. The number of carbonyl (C=O) groups is 1. The second-order valence-corrected chi connectivity index (χ2v) is 12.9. The van der Waals surface area contributed by atoms with Gasteiger partial charge in [-0.1, -0.05) is 0 Å². The largest absolute Gasteiger partial charge is 0.756 e. The summed E-state index contributed by atoms with van der Waals surface area (Å²) in [6.07, 6.45) is -4.93. The molecule has 0 radical (unpaired) electrons. The number of phosphoric acid groups is 2. The Balaban J connectivity index is 1.15. The molecule has 5 rings (SSSR count). The van der Waals surface area contributed by atoms with E-state index in [4.69, 9.17) is 20.9 Å². The Morgan fingerprint density at radius 2 is 1.66 bits per heavy atom. The number of aliphatic hydroxyl groups is 4. The number of aliphatic hydroxyl groups excluding tert-OH is 4. The molecule has 3 aliphatic rings. The summed E-state index contributed by atoms with van der Waals surface area (Å²) in [7, 11) is -11.3. The number of nitrogens with two attached hydrogens (primary N) is 2. The quantitative estimate of drug-likeness (QED) is 0.110. The first-order valence-electron chi connectivity index (χ1n) is 12.8. The number of aromatic nitrogens is 4. The number of phosphoric ester groups is 2. The van der Waals surface area contributed by atoms with Gasteiger partial charge in [-0.3, -0.25) is 23.4 Å². The van der Waals surface area contributed by atoms with Crippen molar-refractivity contribution in [1.82, 2.24) is 19.5 Å². The molecular formula is C21H28N7O14P2-. The molecule has 3 aliphatic heterocycles. The molecule has 0 spiro atoms. The predicted molar refractivity (Wildman–Crippen MR) is 137 cm³/mol. The van der Waals surface area contributed by atoms with Crippen molar-refractivity contribution in [2.24, 2.45) is 5.73 Å². The minimum Gasteiger partial charge on any atom is -0.756 e. The number of quaternary nitrogens is 1. The van der Waals surface area contributed by atoms with E-state index in [2.05, 4.69) is 28.3 Å². The Morgan fingerprint density at radius 1 is 1.02 bits per heavy atom. The Kier molecular flexibility index (Phi) is 9.34. The molecule has 5 heterocycles. The van der Waals surface area contributed by atoms with Crippen molar-refractivity contribution < 1.29 is 71.9 Å². The molecule has 23 heteroatoms. The molecule has 0 aliphatic carbocycles. The number of carbonyl (C=O) groups excluding carboxylic acids is 1. The van der Waals surface area contributed by atoms with Crippen molar-refractivity contribution in [1.29, 1.82) is 0 Å². The van der Waals surface area contributed by atoms with Gasteiger partial charge in [0.2, 0.25) is 12.1 Å². The number of amides is 1. The SMILES string of the molecule is NC(=O)C1=C[NH+]([C@@H]2O[C@H](COP(=O)([O-])OP(=O)([O-])OC[C@H]3O[C@@H](n4cnc5c(N)ncnc54)[C@@H](O)C3O)C(O)[C@@H]2O)C=CC1. The maximum Gasteiger partial charge on any atom is 0.274 e. The number of fused-ring (bicyclic) bond motifs is 1. The second kappa shape index (κ2) is 12.6. The molecule has 2 fully saturated rings. The van der Waals surface area contributed by atoms with Crippen LogP contribution in [-0.2, 0) is 36.8 Å². The van der Waals surface area contributed by atoms with Crippen LogP contribution in [0.5, 0.6) is 0 Å². The summed E-state index contributed by atoms with van der Waals surface area (Å²) in [5.41, 5.74) is 11.6. The first kappa shape index (κ1) is 32.7. The number of allylic oxidation sites excluding steroid dienone is 1. The number of anilines is 1. The number of primary amides is 1. The summed E-state index contributed by atoms with van der Waals surface area (Å²) in [6.45, 7) is -1.95. The number of nitrogen functional groups attached to an aromatic ring is 1. The highest BCUT2D eigenvalue weighted by Crippen LogP contribution is 2.56. The van der Waals surface area contributed by atoms with Gasteiger partial charge in [0, 0.05) is 6.42 Å². The maximum absolute atomic E-state index is 12.3. The van der Waals surface area contributed by atoms with E-state index in [-0.39, 0.29) is 33.9 Å². The van der Waals surface area contributed by atoms with E-state index in [0.717, 1.165) is 6.33 Å². The lowest BCUT2D eigenvalue weighted by Crippen LogP contribution is -3.09. The average Bonchev–Trinajstić information content (AvgIpc) is 3.61. The van der Waals surface area contributed by atoms with E-state index >= 15 is 0 Å². The van der Waals surface area contributed by atoms with Crippen LogP contribution < -0.4 is 26.2 Å². The van der Waals surface area contributed by atoms with E-state index in [1.165, 1.54) is 23.3 Å². The fourth-order valence-electron chi connectivity index (χ4n) is 4.79. The molecule has 9 N–H and O–H groups in total. The molecule has 242 valence electrons. The molecule has 11 atom stereocenters. The summed E-state index contributed by atoms with van der Waals surface area (Å²) in [5.74, 6) is -0.664. The van der Waals surface area contributed by atoms with Crippen molar-refractivity contribution in [3.63, 3.8) is 0 Å². The molecule has 2 saturated heterocycles. The van der Waals surface area contributed by atoms with E-state index in [1.807, 2.05) is 0 Å². The highest BCUT2D eigenvalue weighted by Gasteiger charge is 2.49. The van der Waals surface area contributed by atoms with Crippen LogP contribution in [0.3, 0.4) is 0 Å². The summed E-state index contributed by atoms with van der Waals surface area (Å²) < 4.78 is 50.0. The van der Waals surface area contributed by atoms with Gasteiger partial charge in [0.05, 0.1) is 31.3 Å². The van der Waals surface area contributed by atoms with Crippen LogP contribution in [0, 0.1) is 0 Å². The first-order chi connectivity index (χ1) is 20.7. The summed E-state index contributed by atoms with van der Waals surface area (Å²) in [4.78, 5) is 48.1. The average molecular weight is 664 g/mol. The lowest BCUT2D eigenvalue weighted by Gasteiger charge is -2.32. The van der Waals surface area contributed by atoms with Crippen molar-refractivity contribution >= 4 is 38.5 Å². The molecule has 44 heavy (non-hydrogen) atoms. The van der Waals surface area contributed by atoms with Gasteiger partial charge in [-0.2, -0.15) is 0 Å². The molecule has 0 bridgehead atoms. The molecule has 0 aromatic carbocycles. The van der Waals surface area contributed by atoms with Gasteiger partial charge in [0.25, 0.3) is 15.6 Å². The monoisotopic (exact) mass is 664 g/mol. The Labute approximate surface area is 247 Å². The Bertz CT molecular complexity index is 1560. The number of ether oxygens (including phenoxy) is 2. The summed E-state index contributed by atoms with van der Waals surface area (Å²) in [5, 5.41) is 41.6. The molecule has 21 nitrogen and oxygen atoms in total. The third kappa shape index (κ3) is 6.76. The number of nitrogens with zero attached hydrogens (tertiary/aromatic N) is 4. The van der Waals surface area contributed by atoms with Crippen LogP contribution in [-0.4, -0.2) is 102 Å². The Morgan fingerprint density at radius 3 is 2.32 bits per heavy atom. The number of hydrogen-bond acceptors (Lipinski definition) is 18. The van der Waals surface area contributed by atoms with Gasteiger partial charge in [-0.15, -0.1) is 0 Å².